The molecule has 2 heterocycles. The summed E-state index contributed by atoms with van der Waals surface area (Å²) in [5.74, 6) is 2.35. The molecule has 3 aromatic rings. The quantitative estimate of drug-likeness (QED) is 0.743. The van der Waals surface area contributed by atoms with Gasteiger partial charge in [0, 0.05) is 30.7 Å². The minimum absolute atomic E-state index is 0.185. The highest BCUT2D eigenvalue weighted by molar-refractivity contribution is 5.90. The molecule has 2 aromatic heterocycles. The molecule has 7 heteroatoms. The normalized spacial score (nSPS) is 12.6. The Morgan fingerprint density at radius 2 is 2.08 bits per heavy atom. The fourth-order valence-electron chi connectivity index (χ4n) is 2.89. The molecule has 0 aliphatic heterocycles. The number of ether oxygens (including phenoxy) is 1. The second kappa shape index (κ2) is 7.06. The second-order valence-electron chi connectivity index (χ2n) is 6.31. The van der Waals surface area contributed by atoms with Gasteiger partial charge in [0.05, 0.1) is 24.9 Å². The van der Waals surface area contributed by atoms with E-state index in [-0.39, 0.29) is 6.04 Å². The van der Waals surface area contributed by atoms with E-state index in [2.05, 4.69) is 39.4 Å². The Bertz CT molecular complexity index is 873. The SMILES string of the molecule is COc1ccc2nc(C)nc(NC[C@H](c3cnn(C)c3)N(C)C)c2c1. The first-order chi connectivity index (χ1) is 12.0. The highest BCUT2D eigenvalue weighted by Crippen LogP contribution is 2.26. The molecule has 1 aromatic carbocycles. The summed E-state index contributed by atoms with van der Waals surface area (Å²) in [5.41, 5.74) is 2.06. The third kappa shape index (κ3) is 3.71. The van der Waals surface area contributed by atoms with Gasteiger partial charge in [0.15, 0.2) is 0 Å². The van der Waals surface area contributed by atoms with Crippen LogP contribution in [0.3, 0.4) is 0 Å². The number of aryl methyl sites for hydroxylation is 2. The molecule has 25 heavy (non-hydrogen) atoms. The van der Waals surface area contributed by atoms with E-state index in [4.69, 9.17) is 4.74 Å². The maximum Gasteiger partial charge on any atom is 0.137 e. The van der Waals surface area contributed by atoms with Crippen LogP contribution in [-0.4, -0.2) is 52.4 Å². The first-order valence-electron chi connectivity index (χ1n) is 8.19. The topological polar surface area (TPSA) is 68.1 Å². The molecule has 0 saturated carbocycles. The predicted molar refractivity (Wildman–Crippen MR) is 99.0 cm³/mol. The molecule has 0 saturated heterocycles. The van der Waals surface area contributed by atoms with Crippen LogP contribution in [0.2, 0.25) is 0 Å². The first-order valence-corrected chi connectivity index (χ1v) is 8.19. The third-order valence-corrected chi connectivity index (χ3v) is 4.21. The largest absolute Gasteiger partial charge is 0.497 e. The second-order valence-corrected chi connectivity index (χ2v) is 6.31. The zero-order valence-corrected chi connectivity index (χ0v) is 15.3. The van der Waals surface area contributed by atoms with Crippen molar-refractivity contribution in [3.63, 3.8) is 0 Å². The molecule has 0 unspecified atom stereocenters. The van der Waals surface area contributed by atoms with Crippen molar-refractivity contribution in [2.75, 3.05) is 33.1 Å². The van der Waals surface area contributed by atoms with Gasteiger partial charge in [0.1, 0.15) is 17.4 Å². The Hall–Kier alpha value is -2.67. The van der Waals surface area contributed by atoms with Crippen LogP contribution >= 0.6 is 0 Å². The van der Waals surface area contributed by atoms with Crippen LogP contribution in [0, 0.1) is 6.92 Å². The minimum atomic E-state index is 0.185. The molecule has 0 aliphatic rings. The summed E-state index contributed by atoms with van der Waals surface area (Å²) in [6.07, 6.45) is 3.94. The van der Waals surface area contributed by atoms with E-state index in [0.29, 0.717) is 6.54 Å². The Morgan fingerprint density at radius 3 is 2.72 bits per heavy atom. The van der Waals surface area contributed by atoms with Crippen molar-refractivity contribution in [2.45, 2.75) is 13.0 Å². The fourth-order valence-corrected chi connectivity index (χ4v) is 2.89. The number of likely N-dealkylation sites (N-methyl/N-ethyl adjacent to an activating group) is 1. The van der Waals surface area contributed by atoms with Crippen molar-refractivity contribution >= 4 is 16.7 Å². The summed E-state index contributed by atoms with van der Waals surface area (Å²) in [7, 11) is 7.71. The van der Waals surface area contributed by atoms with Crippen LogP contribution in [0.25, 0.3) is 10.9 Å². The number of nitrogens with one attached hydrogen (secondary N) is 1. The number of methoxy groups -OCH3 is 1. The lowest BCUT2D eigenvalue weighted by Crippen LogP contribution is -2.27. The summed E-state index contributed by atoms with van der Waals surface area (Å²) in [4.78, 5) is 11.3. The lowest BCUT2D eigenvalue weighted by atomic mass is 10.1. The molecule has 7 nitrogen and oxygen atoms in total. The molecular weight excluding hydrogens is 316 g/mol. The van der Waals surface area contributed by atoms with Crippen molar-refractivity contribution in [2.24, 2.45) is 7.05 Å². The molecule has 0 aliphatic carbocycles. The Labute approximate surface area is 147 Å². The standard InChI is InChI=1S/C18H24N6O/c1-12-21-16-7-6-14(25-5)8-15(16)18(22-12)19-10-17(23(2)3)13-9-20-24(4)11-13/h6-9,11,17H,10H2,1-5H3,(H,19,21,22)/t17-/m1/s1. The zero-order chi connectivity index (χ0) is 18.0. The Balaban J connectivity index is 1.91. The number of benzene rings is 1. The number of fused-ring (bicyclic) bond motifs is 1. The average Bonchev–Trinajstić information content (AvgIpc) is 3.00. The molecule has 0 fully saturated rings. The molecule has 0 bridgehead atoms. The molecule has 0 radical (unpaired) electrons. The van der Waals surface area contributed by atoms with Gasteiger partial charge < -0.3 is 15.0 Å². The molecule has 3 rings (SSSR count). The van der Waals surface area contributed by atoms with Crippen LogP contribution < -0.4 is 10.1 Å². The van der Waals surface area contributed by atoms with Gasteiger partial charge in [-0.05, 0) is 39.2 Å². The van der Waals surface area contributed by atoms with Crippen molar-refractivity contribution in [3.05, 3.63) is 42.0 Å². The Kier molecular flexibility index (Phi) is 4.85. The van der Waals surface area contributed by atoms with Gasteiger partial charge in [-0.15, -0.1) is 0 Å². The first kappa shape index (κ1) is 17.2. The summed E-state index contributed by atoms with van der Waals surface area (Å²) in [6, 6.07) is 6.02. The maximum atomic E-state index is 5.34. The molecule has 0 spiro atoms. The third-order valence-electron chi connectivity index (χ3n) is 4.21. The highest BCUT2D eigenvalue weighted by Gasteiger charge is 2.17. The van der Waals surface area contributed by atoms with E-state index >= 15 is 0 Å². The van der Waals surface area contributed by atoms with E-state index in [0.717, 1.165) is 33.9 Å². The maximum absolute atomic E-state index is 5.34. The van der Waals surface area contributed by atoms with E-state index in [9.17, 15) is 0 Å². The van der Waals surface area contributed by atoms with Gasteiger partial charge in [0.2, 0.25) is 0 Å². The fraction of sp³-hybridized carbons (Fsp3) is 0.389. The van der Waals surface area contributed by atoms with Crippen LogP contribution in [0.15, 0.2) is 30.6 Å². The van der Waals surface area contributed by atoms with Crippen molar-refractivity contribution in [3.8, 4) is 5.75 Å². The van der Waals surface area contributed by atoms with E-state index in [1.54, 1.807) is 7.11 Å². The molecule has 1 atom stereocenters. The van der Waals surface area contributed by atoms with E-state index < -0.39 is 0 Å². The van der Waals surface area contributed by atoms with Crippen LogP contribution in [-0.2, 0) is 7.05 Å². The van der Waals surface area contributed by atoms with E-state index in [1.165, 1.54) is 0 Å². The van der Waals surface area contributed by atoms with Gasteiger partial charge in [-0.2, -0.15) is 5.10 Å². The van der Waals surface area contributed by atoms with Crippen LogP contribution in [0.5, 0.6) is 5.75 Å². The molecular formula is C18H24N6O. The number of hydrogen-bond acceptors (Lipinski definition) is 6. The number of rotatable bonds is 6. The lowest BCUT2D eigenvalue weighted by molar-refractivity contribution is 0.311. The number of anilines is 1. The van der Waals surface area contributed by atoms with Gasteiger partial charge >= 0.3 is 0 Å². The van der Waals surface area contributed by atoms with Crippen LogP contribution in [0.4, 0.5) is 5.82 Å². The summed E-state index contributed by atoms with van der Waals surface area (Å²) in [6.45, 7) is 2.61. The van der Waals surface area contributed by atoms with Crippen LogP contribution in [0.1, 0.15) is 17.4 Å². The number of nitrogens with zero attached hydrogens (tertiary/aromatic N) is 5. The average molecular weight is 340 g/mol. The predicted octanol–water partition coefficient (Wildman–Crippen LogP) is 2.40. The minimum Gasteiger partial charge on any atom is -0.497 e. The van der Waals surface area contributed by atoms with Crippen molar-refractivity contribution < 1.29 is 4.74 Å². The number of hydrogen-bond donors (Lipinski definition) is 1. The van der Waals surface area contributed by atoms with Gasteiger partial charge in [0.25, 0.3) is 0 Å². The van der Waals surface area contributed by atoms with Gasteiger partial charge in [-0.25, -0.2) is 9.97 Å². The molecule has 0 amide bonds. The number of aromatic nitrogens is 4. The van der Waals surface area contributed by atoms with Crippen molar-refractivity contribution in [1.29, 1.82) is 0 Å². The molecule has 1 N–H and O–H groups in total. The summed E-state index contributed by atoms with van der Waals surface area (Å²) in [5, 5.41) is 8.72. The van der Waals surface area contributed by atoms with Gasteiger partial charge in [-0.1, -0.05) is 0 Å². The zero-order valence-electron chi connectivity index (χ0n) is 15.3. The summed E-state index contributed by atoms with van der Waals surface area (Å²) >= 11 is 0. The van der Waals surface area contributed by atoms with E-state index in [1.807, 2.05) is 49.2 Å². The monoisotopic (exact) mass is 340 g/mol. The highest BCUT2D eigenvalue weighted by atomic mass is 16.5. The molecule has 132 valence electrons. The summed E-state index contributed by atoms with van der Waals surface area (Å²) < 4.78 is 7.16. The van der Waals surface area contributed by atoms with Gasteiger partial charge in [-0.3, -0.25) is 4.68 Å². The smallest absolute Gasteiger partial charge is 0.137 e. The Morgan fingerprint density at radius 1 is 1.28 bits per heavy atom. The lowest BCUT2D eigenvalue weighted by Gasteiger charge is -2.24. The van der Waals surface area contributed by atoms with Crippen molar-refractivity contribution in [1.82, 2.24) is 24.6 Å².